The molecule has 0 spiro atoms. The van der Waals surface area contributed by atoms with Crippen molar-refractivity contribution in [2.75, 3.05) is 0 Å². The molecule has 20 heavy (non-hydrogen) atoms. The van der Waals surface area contributed by atoms with E-state index < -0.39 is 5.97 Å². The predicted molar refractivity (Wildman–Crippen MR) is 80.8 cm³/mol. The molecule has 0 atom stereocenters. The Morgan fingerprint density at radius 3 is 1.80 bits per heavy atom. The topological polar surface area (TPSA) is 37.3 Å². The van der Waals surface area contributed by atoms with Gasteiger partial charge in [0.05, 0.1) is 0 Å². The maximum Gasteiger partial charge on any atom is 0.303 e. The van der Waals surface area contributed by atoms with Crippen LogP contribution in [0.15, 0.2) is 60.7 Å². The molecule has 0 heterocycles. The highest BCUT2D eigenvalue weighted by molar-refractivity contribution is 5.66. The molecular formula is C18H20O2. The molecule has 0 saturated heterocycles. The van der Waals surface area contributed by atoms with E-state index in [2.05, 4.69) is 48.5 Å². The van der Waals surface area contributed by atoms with Gasteiger partial charge in [-0.25, -0.2) is 0 Å². The normalized spacial score (nSPS) is 10.7. The van der Waals surface area contributed by atoms with Gasteiger partial charge >= 0.3 is 5.97 Å². The summed E-state index contributed by atoms with van der Waals surface area (Å²) in [6.07, 6.45) is 2.92. The largest absolute Gasteiger partial charge is 0.481 e. The first-order valence-electron chi connectivity index (χ1n) is 7.09. The van der Waals surface area contributed by atoms with Gasteiger partial charge in [0.25, 0.3) is 0 Å². The molecule has 0 aliphatic carbocycles. The third-order valence-corrected chi connectivity index (χ3v) is 3.54. The minimum absolute atomic E-state index is 0.260. The lowest BCUT2D eigenvalue weighted by Crippen LogP contribution is -2.02. The zero-order valence-electron chi connectivity index (χ0n) is 11.5. The van der Waals surface area contributed by atoms with Gasteiger partial charge in [-0.2, -0.15) is 0 Å². The number of carbonyl (C=O) groups is 1. The van der Waals surface area contributed by atoms with Crippen LogP contribution in [0, 0.1) is 0 Å². The number of carboxylic acid groups (broad SMARTS) is 1. The number of aliphatic carboxylic acids is 1. The standard InChI is InChI=1S/C18H20O2/c19-18(20)14-8-7-13-17(15-9-3-1-4-10-15)16-11-5-2-6-12-16/h1-6,9-12,17H,7-8,13-14H2,(H,19,20). The van der Waals surface area contributed by atoms with E-state index in [1.54, 1.807) is 0 Å². The number of hydrogen-bond acceptors (Lipinski definition) is 1. The van der Waals surface area contributed by atoms with Gasteiger partial charge in [0.15, 0.2) is 0 Å². The first-order chi connectivity index (χ1) is 9.77. The fraction of sp³-hybridized carbons (Fsp3) is 0.278. The van der Waals surface area contributed by atoms with E-state index >= 15 is 0 Å². The Morgan fingerprint density at radius 1 is 0.850 bits per heavy atom. The van der Waals surface area contributed by atoms with Gasteiger partial charge < -0.3 is 5.11 Å². The molecule has 0 unspecified atom stereocenters. The van der Waals surface area contributed by atoms with Crippen LogP contribution in [0.3, 0.4) is 0 Å². The highest BCUT2D eigenvalue weighted by atomic mass is 16.4. The summed E-state index contributed by atoms with van der Waals surface area (Å²) >= 11 is 0. The molecule has 104 valence electrons. The van der Waals surface area contributed by atoms with Crippen LogP contribution in [0.25, 0.3) is 0 Å². The zero-order chi connectivity index (χ0) is 14.2. The fourth-order valence-electron chi connectivity index (χ4n) is 2.52. The molecular weight excluding hydrogens is 248 g/mol. The summed E-state index contributed by atoms with van der Waals surface area (Å²) < 4.78 is 0. The molecule has 0 aliphatic rings. The number of hydrogen-bond donors (Lipinski definition) is 1. The third kappa shape index (κ3) is 4.23. The first-order valence-corrected chi connectivity index (χ1v) is 7.09. The summed E-state index contributed by atoms with van der Waals surface area (Å²) in [4.78, 5) is 10.6. The van der Waals surface area contributed by atoms with Gasteiger partial charge in [-0.3, -0.25) is 4.79 Å². The lowest BCUT2D eigenvalue weighted by Gasteiger charge is -2.18. The average Bonchev–Trinajstić information content (AvgIpc) is 2.49. The van der Waals surface area contributed by atoms with Crippen LogP contribution in [-0.2, 0) is 4.79 Å². The van der Waals surface area contributed by atoms with Gasteiger partial charge in [-0.05, 0) is 24.0 Å². The van der Waals surface area contributed by atoms with Gasteiger partial charge in [-0.1, -0.05) is 67.1 Å². The summed E-state index contributed by atoms with van der Waals surface area (Å²) in [7, 11) is 0. The van der Waals surface area contributed by atoms with Crippen molar-refractivity contribution in [3.05, 3.63) is 71.8 Å². The fourth-order valence-corrected chi connectivity index (χ4v) is 2.52. The minimum atomic E-state index is -0.707. The monoisotopic (exact) mass is 268 g/mol. The van der Waals surface area contributed by atoms with Gasteiger partial charge in [-0.15, -0.1) is 0 Å². The summed E-state index contributed by atoms with van der Waals surface area (Å²) in [6, 6.07) is 20.9. The molecule has 2 aromatic rings. The first kappa shape index (κ1) is 14.3. The van der Waals surface area contributed by atoms with Crippen molar-refractivity contribution < 1.29 is 9.90 Å². The lowest BCUT2D eigenvalue weighted by molar-refractivity contribution is -0.137. The molecule has 0 saturated carbocycles. The van der Waals surface area contributed by atoms with Crippen molar-refractivity contribution in [1.29, 1.82) is 0 Å². The van der Waals surface area contributed by atoms with Crippen LogP contribution in [0.5, 0.6) is 0 Å². The SMILES string of the molecule is O=C(O)CCCCC(c1ccccc1)c1ccccc1. The minimum Gasteiger partial charge on any atom is -0.481 e. The van der Waals surface area contributed by atoms with E-state index in [-0.39, 0.29) is 6.42 Å². The second-order valence-electron chi connectivity index (χ2n) is 5.01. The summed E-state index contributed by atoms with van der Waals surface area (Å²) in [5.74, 6) is -0.354. The van der Waals surface area contributed by atoms with Crippen molar-refractivity contribution in [1.82, 2.24) is 0 Å². The summed E-state index contributed by atoms with van der Waals surface area (Å²) in [5, 5.41) is 8.71. The Hall–Kier alpha value is -2.09. The Labute approximate surface area is 120 Å². The van der Waals surface area contributed by atoms with Crippen molar-refractivity contribution in [3.8, 4) is 0 Å². The van der Waals surface area contributed by atoms with Crippen molar-refractivity contribution in [3.63, 3.8) is 0 Å². The van der Waals surface area contributed by atoms with E-state index in [4.69, 9.17) is 5.11 Å². The Kier molecular flexibility index (Phi) is 5.36. The predicted octanol–water partition coefficient (Wildman–Crippen LogP) is 4.46. The third-order valence-electron chi connectivity index (χ3n) is 3.54. The molecule has 2 nitrogen and oxygen atoms in total. The molecule has 0 aromatic heterocycles. The molecule has 0 bridgehead atoms. The maximum atomic E-state index is 10.6. The molecule has 0 radical (unpaired) electrons. The molecule has 2 aromatic carbocycles. The Morgan fingerprint density at radius 2 is 1.35 bits per heavy atom. The van der Waals surface area contributed by atoms with Gasteiger partial charge in [0.2, 0.25) is 0 Å². The molecule has 1 N–H and O–H groups in total. The summed E-state index contributed by atoms with van der Waals surface area (Å²) in [6.45, 7) is 0. The van der Waals surface area contributed by atoms with E-state index in [0.717, 1.165) is 19.3 Å². The molecule has 0 amide bonds. The number of benzene rings is 2. The smallest absolute Gasteiger partial charge is 0.303 e. The van der Waals surface area contributed by atoms with Crippen molar-refractivity contribution in [2.24, 2.45) is 0 Å². The zero-order valence-corrected chi connectivity index (χ0v) is 11.5. The maximum absolute atomic E-state index is 10.6. The van der Waals surface area contributed by atoms with Gasteiger partial charge in [0, 0.05) is 12.3 Å². The Bertz CT molecular complexity index is 480. The van der Waals surface area contributed by atoms with Gasteiger partial charge in [0.1, 0.15) is 0 Å². The molecule has 0 aliphatic heterocycles. The van der Waals surface area contributed by atoms with E-state index in [9.17, 15) is 4.79 Å². The van der Waals surface area contributed by atoms with Crippen LogP contribution in [0.4, 0.5) is 0 Å². The highest BCUT2D eigenvalue weighted by Gasteiger charge is 2.13. The van der Waals surface area contributed by atoms with Crippen molar-refractivity contribution in [2.45, 2.75) is 31.6 Å². The number of carboxylic acids is 1. The summed E-state index contributed by atoms with van der Waals surface area (Å²) in [5.41, 5.74) is 2.60. The van der Waals surface area contributed by atoms with Crippen LogP contribution in [0.2, 0.25) is 0 Å². The van der Waals surface area contributed by atoms with E-state index in [0.29, 0.717) is 5.92 Å². The van der Waals surface area contributed by atoms with E-state index in [1.807, 2.05) is 12.1 Å². The van der Waals surface area contributed by atoms with E-state index in [1.165, 1.54) is 11.1 Å². The number of unbranched alkanes of at least 4 members (excludes halogenated alkanes) is 1. The molecule has 2 rings (SSSR count). The quantitative estimate of drug-likeness (QED) is 0.752. The van der Waals surface area contributed by atoms with Crippen LogP contribution in [0.1, 0.15) is 42.7 Å². The lowest BCUT2D eigenvalue weighted by atomic mass is 9.87. The highest BCUT2D eigenvalue weighted by Crippen LogP contribution is 2.29. The second-order valence-corrected chi connectivity index (χ2v) is 5.01. The molecule has 0 fully saturated rings. The average molecular weight is 268 g/mol. The van der Waals surface area contributed by atoms with Crippen LogP contribution in [-0.4, -0.2) is 11.1 Å². The Balaban J connectivity index is 2.07. The van der Waals surface area contributed by atoms with Crippen LogP contribution >= 0.6 is 0 Å². The number of rotatable bonds is 7. The van der Waals surface area contributed by atoms with Crippen LogP contribution < -0.4 is 0 Å². The van der Waals surface area contributed by atoms with Crippen molar-refractivity contribution >= 4 is 5.97 Å². The molecule has 2 heteroatoms. The second kappa shape index (κ2) is 7.49.